The molecule has 0 amide bonds. The van der Waals surface area contributed by atoms with Crippen molar-refractivity contribution in [3.8, 4) is 5.75 Å². The van der Waals surface area contributed by atoms with Crippen molar-refractivity contribution in [2.75, 3.05) is 7.11 Å². The molecule has 0 aromatic heterocycles. The number of hydrogen-bond acceptors (Lipinski definition) is 2. The van der Waals surface area contributed by atoms with E-state index in [1.807, 2.05) is 12.1 Å². The number of nitrogens with two attached hydrogens (primary N) is 1. The Bertz CT molecular complexity index is 305. The molecule has 0 spiro atoms. The van der Waals surface area contributed by atoms with E-state index >= 15 is 0 Å². The SMILES string of the molecule is COc1cccc(CC2CC(N)C2)c1. The van der Waals surface area contributed by atoms with Gasteiger partial charge >= 0.3 is 0 Å². The molecule has 2 nitrogen and oxygen atoms in total. The van der Waals surface area contributed by atoms with Crippen molar-refractivity contribution in [1.82, 2.24) is 0 Å². The Labute approximate surface area is 85.1 Å². The summed E-state index contributed by atoms with van der Waals surface area (Å²) in [4.78, 5) is 0. The summed E-state index contributed by atoms with van der Waals surface area (Å²) in [6.45, 7) is 0. The topological polar surface area (TPSA) is 35.2 Å². The normalized spacial score (nSPS) is 25.6. The molecule has 0 heterocycles. The van der Waals surface area contributed by atoms with E-state index in [2.05, 4.69) is 12.1 Å². The average molecular weight is 191 g/mol. The number of rotatable bonds is 3. The van der Waals surface area contributed by atoms with Crippen molar-refractivity contribution in [3.05, 3.63) is 29.8 Å². The summed E-state index contributed by atoms with van der Waals surface area (Å²) in [5, 5.41) is 0. The van der Waals surface area contributed by atoms with Gasteiger partial charge in [-0.25, -0.2) is 0 Å². The molecule has 2 N–H and O–H groups in total. The molecule has 2 heteroatoms. The second-order valence-corrected chi connectivity index (χ2v) is 4.15. The van der Waals surface area contributed by atoms with Crippen molar-refractivity contribution in [2.24, 2.45) is 11.7 Å². The van der Waals surface area contributed by atoms with E-state index in [9.17, 15) is 0 Å². The van der Waals surface area contributed by atoms with Crippen molar-refractivity contribution in [3.63, 3.8) is 0 Å². The van der Waals surface area contributed by atoms with Gasteiger partial charge in [0, 0.05) is 6.04 Å². The van der Waals surface area contributed by atoms with E-state index in [0.29, 0.717) is 6.04 Å². The Hall–Kier alpha value is -1.02. The first-order valence-corrected chi connectivity index (χ1v) is 5.16. The Balaban J connectivity index is 1.95. The zero-order chi connectivity index (χ0) is 9.97. The first-order valence-electron chi connectivity index (χ1n) is 5.16. The standard InChI is InChI=1S/C12H17NO/c1-14-12-4-2-3-9(8-12)5-10-6-11(13)7-10/h2-4,8,10-11H,5-7,13H2,1H3. The lowest BCUT2D eigenvalue weighted by atomic mass is 9.77. The van der Waals surface area contributed by atoms with Gasteiger partial charge in [0.05, 0.1) is 7.11 Å². The van der Waals surface area contributed by atoms with Crippen LogP contribution >= 0.6 is 0 Å². The molecule has 76 valence electrons. The number of methoxy groups -OCH3 is 1. The first-order chi connectivity index (χ1) is 6.78. The Morgan fingerprint density at radius 1 is 1.43 bits per heavy atom. The molecule has 1 aromatic carbocycles. The maximum atomic E-state index is 5.75. The first kappa shape index (κ1) is 9.53. The van der Waals surface area contributed by atoms with Crippen molar-refractivity contribution in [1.29, 1.82) is 0 Å². The lowest BCUT2D eigenvalue weighted by molar-refractivity contribution is 0.264. The molecule has 0 aliphatic heterocycles. The third kappa shape index (κ3) is 2.07. The second kappa shape index (κ2) is 4.01. The molecule has 0 saturated heterocycles. The molecule has 0 radical (unpaired) electrons. The molecule has 1 aliphatic carbocycles. The molecular weight excluding hydrogens is 174 g/mol. The summed E-state index contributed by atoms with van der Waals surface area (Å²) >= 11 is 0. The quantitative estimate of drug-likeness (QED) is 0.792. The molecular formula is C12H17NO. The van der Waals surface area contributed by atoms with Crippen LogP contribution in [-0.2, 0) is 6.42 Å². The smallest absolute Gasteiger partial charge is 0.119 e. The van der Waals surface area contributed by atoms with E-state index in [1.165, 1.54) is 18.4 Å². The van der Waals surface area contributed by atoms with Crippen LogP contribution in [0.15, 0.2) is 24.3 Å². The molecule has 0 atom stereocenters. The Morgan fingerprint density at radius 3 is 2.86 bits per heavy atom. The van der Waals surface area contributed by atoms with Gasteiger partial charge in [-0.2, -0.15) is 0 Å². The van der Waals surface area contributed by atoms with Gasteiger partial charge in [-0.05, 0) is 42.9 Å². The largest absolute Gasteiger partial charge is 0.497 e. The van der Waals surface area contributed by atoms with Gasteiger partial charge in [0.15, 0.2) is 0 Å². The van der Waals surface area contributed by atoms with Crippen LogP contribution < -0.4 is 10.5 Å². The van der Waals surface area contributed by atoms with Gasteiger partial charge in [0.1, 0.15) is 5.75 Å². The molecule has 1 aromatic rings. The predicted octanol–water partition coefficient (Wildman–Crippen LogP) is 1.97. The van der Waals surface area contributed by atoms with Crippen LogP contribution in [0.5, 0.6) is 5.75 Å². The molecule has 0 unspecified atom stereocenters. The summed E-state index contributed by atoms with van der Waals surface area (Å²) in [5.41, 5.74) is 7.12. The summed E-state index contributed by atoms with van der Waals surface area (Å²) in [6, 6.07) is 8.75. The zero-order valence-corrected chi connectivity index (χ0v) is 8.57. The minimum absolute atomic E-state index is 0.450. The van der Waals surface area contributed by atoms with Crippen LogP contribution in [0.25, 0.3) is 0 Å². The van der Waals surface area contributed by atoms with Crippen molar-refractivity contribution in [2.45, 2.75) is 25.3 Å². The molecule has 14 heavy (non-hydrogen) atoms. The highest BCUT2D eigenvalue weighted by Gasteiger charge is 2.25. The van der Waals surface area contributed by atoms with E-state index < -0.39 is 0 Å². The van der Waals surface area contributed by atoms with Gasteiger partial charge in [-0.3, -0.25) is 0 Å². The second-order valence-electron chi connectivity index (χ2n) is 4.15. The maximum absolute atomic E-state index is 5.75. The van der Waals surface area contributed by atoms with Crippen molar-refractivity contribution >= 4 is 0 Å². The number of hydrogen-bond donors (Lipinski definition) is 1. The van der Waals surface area contributed by atoms with Crippen LogP contribution in [0, 0.1) is 5.92 Å². The van der Waals surface area contributed by atoms with Crippen LogP contribution in [0.2, 0.25) is 0 Å². The van der Waals surface area contributed by atoms with E-state index in [0.717, 1.165) is 18.1 Å². The van der Waals surface area contributed by atoms with Crippen LogP contribution in [0.3, 0.4) is 0 Å². The Kier molecular flexibility index (Phi) is 2.73. The highest BCUT2D eigenvalue weighted by Crippen LogP contribution is 2.29. The molecule has 0 bridgehead atoms. The Morgan fingerprint density at radius 2 is 2.21 bits per heavy atom. The minimum atomic E-state index is 0.450. The van der Waals surface area contributed by atoms with E-state index in [4.69, 9.17) is 10.5 Å². The number of benzene rings is 1. The van der Waals surface area contributed by atoms with Crippen LogP contribution in [0.1, 0.15) is 18.4 Å². The summed E-state index contributed by atoms with van der Waals surface area (Å²) < 4.78 is 5.18. The third-order valence-corrected chi connectivity index (χ3v) is 2.93. The lowest BCUT2D eigenvalue weighted by Gasteiger charge is -2.32. The maximum Gasteiger partial charge on any atom is 0.119 e. The van der Waals surface area contributed by atoms with Gasteiger partial charge in [0.25, 0.3) is 0 Å². The fourth-order valence-electron chi connectivity index (χ4n) is 2.09. The molecule has 1 fully saturated rings. The van der Waals surface area contributed by atoms with Gasteiger partial charge in [0.2, 0.25) is 0 Å². The molecule has 2 rings (SSSR count). The van der Waals surface area contributed by atoms with E-state index in [1.54, 1.807) is 7.11 Å². The van der Waals surface area contributed by atoms with Gasteiger partial charge in [-0.1, -0.05) is 12.1 Å². The lowest BCUT2D eigenvalue weighted by Crippen LogP contribution is -2.37. The van der Waals surface area contributed by atoms with Crippen molar-refractivity contribution < 1.29 is 4.74 Å². The molecule has 1 aliphatic rings. The highest BCUT2D eigenvalue weighted by molar-refractivity contribution is 5.28. The summed E-state index contributed by atoms with van der Waals surface area (Å²) in [6.07, 6.45) is 3.50. The van der Waals surface area contributed by atoms with Crippen LogP contribution in [0.4, 0.5) is 0 Å². The fraction of sp³-hybridized carbons (Fsp3) is 0.500. The van der Waals surface area contributed by atoms with E-state index in [-0.39, 0.29) is 0 Å². The predicted molar refractivity (Wildman–Crippen MR) is 57.4 cm³/mol. The monoisotopic (exact) mass is 191 g/mol. The zero-order valence-electron chi connectivity index (χ0n) is 8.57. The number of ether oxygens (including phenoxy) is 1. The van der Waals surface area contributed by atoms with Gasteiger partial charge in [-0.15, -0.1) is 0 Å². The van der Waals surface area contributed by atoms with Gasteiger partial charge < -0.3 is 10.5 Å². The third-order valence-electron chi connectivity index (χ3n) is 2.93. The summed E-state index contributed by atoms with van der Waals surface area (Å²) in [7, 11) is 1.71. The highest BCUT2D eigenvalue weighted by atomic mass is 16.5. The minimum Gasteiger partial charge on any atom is -0.497 e. The fourth-order valence-corrected chi connectivity index (χ4v) is 2.09. The summed E-state index contributed by atoms with van der Waals surface area (Å²) in [5.74, 6) is 1.74. The average Bonchev–Trinajstić information content (AvgIpc) is 2.16. The van der Waals surface area contributed by atoms with Crippen LogP contribution in [-0.4, -0.2) is 13.2 Å². The molecule has 1 saturated carbocycles.